The lowest BCUT2D eigenvalue weighted by Gasteiger charge is -2.15. The molecule has 0 fully saturated rings. The molecule has 0 spiro atoms. The van der Waals surface area contributed by atoms with E-state index in [4.69, 9.17) is 15.3 Å². The second-order valence-electron chi connectivity index (χ2n) is 2.35. The minimum absolute atomic E-state index is 0.202. The third-order valence-corrected chi connectivity index (χ3v) is 1.71. The van der Waals surface area contributed by atoms with E-state index < -0.39 is 30.0 Å². The largest absolute Gasteiger partial charge is 0.480 e. The molecule has 0 saturated carbocycles. The van der Waals surface area contributed by atoms with Crippen molar-refractivity contribution in [3.05, 3.63) is 0 Å². The molecule has 0 unspecified atom stereocenters. The van der Waals surface area contributed by atoms with Crippen LogP contribution in [0.25, 0.3) is 0 Å². The van der Waals surface area contributed by atoms with Crippen LogP contribution in [0.2, 0.25) is 0 Å². The Morgan fingerprint density at radius 3 is 1.71 bits per heavy atom. The Kier molecular flexibility index (Phi) is 4.95. The van der Waals surface area contributed by atoms with E-state index in [0.29, 0.717) is 0 Å². The zero-order valence-electron chi connectivity index (χ0n) is 6.88. The average molecular weight is 223 g/mol. The van der Waals surface area contributed by atoms with E-state index in [9.17, 15) is 14.4 Å². The van der Waals surface area contributed by atoms with Crippen molar-refractivity contribution in [1.82, 2.24) is 5.32 Å². The molecule has 0 radical (unpaired) electrons. The highest BCUT2D eigenvalue weighted by Gasteiger charge is 2.30. The van der Waals surface area contributed by atoms with Crippen LogP contribution >= 0.6 is 12.6 Å². The topological polar surface area (TPSA) is 124 Å². The molecule has 4 N–H and O–H groups in total. The minimum atomic E-state index is -1.94. The molecule has 0 aliphatic carbocycles. The van der Waals surface area contributed by atoms with Crippen LogP contribution in [0, 0.1) is 0 Å². The van der Waals surface area contributed by atoms with Crippen LogP contribution in [0.4, 0.5) is 0 Å². The lowest BCUT2D eigenvalue weighted by molar-refractivity contribution is -0.151. The number of carbonyl (C=O) groups is 3. The molecule has 0 aromatic carbocycles. The van der Waals surface area contributed by atoms with Gasteiger partial charge in [-0.2, -0.15) is 12.6 Å². The molecule has 0 heterocycles. The summed E-state index contributed by atoms with van der Waals surface area (Å²) in [5, 5.41) is 27.2. The number of thiol groups is 1. The van der Waals surface area contributed by atoms with Gasteiger partial charge in [0, 0.05) is 5.75 Å². The van der Waals surface area contributed by atoms with E-state index in [-0.39, 0.29) is 5.75 Å². The van der Waals surface area contributed by atoms with Gasteiger partial charge in [-0.25, -0.2) is 9.59 Å². The summed E-state index contributed by atoms with van der Waals surface area (Å²) in [5.41, 5.74) is 0. The van der Waals surface area contributed by atoms with Gasteiger partial charge in [0.25, 0.3) is 0 Å². The predicted molar refractivity (Wildman–Crippen MR) is 47.5 cm³/mol. The van der Waals surface area contributed by atoms with Gasteiger partial charge < -0.3 is 15.3 Å². The number of rotatable bonds is 6. The molecule has 7 nitrogen and oxygen atoms in total. The maximum Gasteiger partial charge on any atom is 0.332 e. The summed E-state index contributed by atoms with van der Waals surface area (Å²) in [6.45, 7) is 0. The Labute approximate surface area is 84.1 Å². The van der Waals surface area contributed by atoms with E-state index in [1.165, 1.54) is 0 Å². The smallest absolute Gasteiger partial charge is 0.332 e. The zero-order valence-corrected chi connectivity index (χ0v) is 7.77. The monoisotopic (exact) mass is 223 g/mol. The number of hydrogen-bond donors (Lipinski definition) is 5. The fourth-order valence-corrected chi connectivity index (χ4v) is 0.913. The van der Waals surface area contributed by atoms with Crippen LogP contribution in [0.3, 0.4) is 0 Å². The normalized spacial score (nSPS) is 12.4. The standard InChI is InChI=1S/C6H9NO6S/c8-4(9)2(1-14)7-3(5(10)11)6(12)13/h2-3,7,14H,1H2,(H,8,9)(H,10,11)(H,12,13)/t2-/m0/s1. The van der Waals surface area contributed by atoms with Crippen LogP contribution in [0.1, 0.15) is 0 Å². The molecule has 0 aromatic heterocycles. The van der Waals surface area contributed by atoms with E-state index in [0.717, 1.165) is 0 Å². The summed E-state index contributed by atoms with van der Waals surface area (Å²) >= 11 is 3.64. The highest BCUT2D eigenvalue weighted by atomic mass is 32.1. The summed E-state index contributed by atoms with van der Waals surface area (Å²) in [4.78, 5) is 31.1. The van der Waals surface area contributed by atoms with Gasteiger partial charge >= 0.3 is 17.9 Å². The molecular formula is C6H9NO6S. The van der Waals surface area contributed by atoms with Gasteiger partial charge in [-0.1, -0.05) is 0 Å². The first-order valence-corrected chi connectivity index (χ1v) is 4.08. The van der Waals surface area contributed by atoms with Gasteiger partial charge in [0.15, 0.2) is 0 Å². The lowest BCUT2D eigenvalue weighted by atomic mass is 10.2. The molecule has 0 bridgehead atoms. The first-order chi connectivity index (χ1) is 6.40. The first-order valence-electron chi connectivity index (χ1n) is 3.45. The van der Waals surface area contributed by atoms with Crippen molar-refractivity contribution in [2.45, 2.75) is 12.1 Å². The zero-order chi connectivity index (χ0) is 11.3. The van der Waals surface area contributed by atoms with Crippen molar-refractivity contribution in [2.75, 3.05) is 5.75 Å². The van der Waals surface area contributed by atoms with Gasteiger partial charge in [-0.05, 0) is 0 Å². The average Bonchev–Trinajstić information content (AvgIpc) is 2.03. The Bertz CT molecular complexity index is 241. The Hall–Kier alpha value is -1.28. The third kappa shape index (κ3) is 3.62. The molecule has 0 saturated heterocycles. The first kappa shape index (κ1) is 12.7. The molecule has 0 amide bonds. The quantitative estimate of drug-likeness (QED) is 0.274. The SMILES string of the molecule is O=C(O)C(N[C@@H](CS)C(=O)O)C(=O)O. The Balaban J connectivity index is 4.49. The molecular weight excluding hydrogens is 214 g/mol. The Morgan fingerprint density at radius 1 is 1.07 bits per heavy atom. The van der Waals surface area contributed by atoms with Gasteiger partial charge in [-0.15, -0.1) is 0 Å². The van der Waals surface area contributed by atoms with E-state index >= 15 is 0 Å². The lowest BCUT2D eigenvalue weighted by Crippen LogP contribution is -2.52. The van der Waals surface area contributed by atoms with Gasteiger partial charge in [0.1, 0.15) is 6.04 Å². The van der Waals surface area contributed by atoms with Crippen molar-refractivity contribution in [1.29, 1.82) is 0 Å². The Morgan fingerprint density at radius 2 is 1.50 bits per heavy atom. The van der Waals surface area contributed by atoms with Crippen molar-refractivity contribution >= 4 is 30.5 Å². The second kappa shape index (κ2) is 5.45. The summed E-state index contributed by atoms with van der Waals surface area (Å²) in [5.74, 6) is -4.85. The van der Waals surface area contributed by atoms with Gasteiger partial charge in [0.05, 0.1) is 0 Å². The maximum absolute atomic E-state index is 10.4. The second-order valence-corrected chi connectivity index (χ2v) is 2.71. The van der Waals surface area contributed by atoms with Crippen molar-refractivity contribution in [2.24, 2.45) is 0 Å². The third-order valence-electron chi connectivity index (χ3n) is 1.34. The van der Waals surface area contributed by atoms with Gasteiger partial charge in [0.2, 0.25) is 6.04 Å². The van der Waals surface area contributed by atoms with Crippen molar-refractivity contribution < 1.29 is 29.7 Å². The van der Waals surface area contributed by atoms with Crippen molar-refractivity contribution in [3.8, 4) is 0 Å². The van der Waals surface area contributed by atoms with Crippen LogP contribution in [-0.4, -0.2) is 51.1 Å². The van der Waals surface area contributed by atoms with E-state index in [1.807, 2.05) is 5.32 Å². The molecule has 1 atom stereocenters. The fraction of sp³-hybridized carbons (Fsp3) is 0.500. The summed E-state index contributed by atoms with van der Waals surface area (Å²) in [6.07, 6.45) is 0. The van der Waals surface area contributed by atoms with E-state index in [2.05, 4.69) is 12.6 Å². The predicted octanol–water partition coefficient (Wildman–Crippen LogP) is -1.50. The number of carboxylic acids is 3. The van der Waals surface area contributed by atoms with Crippen molar-refractivity contribution in [3.63, 3.8) is 0 Å². The molecule has 8 heteroatoms. The number of aliphatic carboxylic acids is 3. The van der Waals surface area contributed by atoms with Crippen LogP contribution in [-0.2, 0) is 14.4 Å². The number of hydrogen-bond acceptors (Lipinski definition) is 5. The molecule has 14 heavy (non-hydrogen) atoms. The van der Waals surface area contributed by atoms with Crippen LogP contribution in [0.5, 0.6) is 0 Å². The minimum Gasteiger partial charge on any atom is -0.480 e. The number of carboxylic acid groups (broad SMARTS) is 3. The highest BCUT2D eigenvalue weighted by molar-refractivity contribution is 7.80. The molecule has 0 aliphatic heterocycles. The molecule has 0 rings (SSSR count). The van der Waals surface area contributed by atoms with Gasteiger partial charge in [-0.3, -0.25) is 10.1 Å². The summed E-state index contributed by atoms with van der Waals surface area (Å²) in [6, 6.07) is -3.25. The molecule has 0 aromatic rings. The molecule has 0 aliphatic rings. The fourth-order valence-electron chi connectivity index (χ4n) is 0.651. The van der Waals surface area contributed by atoms with Crippen LogP contribution < -0.4 is 5.32 Å². The van der Waals surface area contributed by atoms with E-state index in [1.54, 1.807) is 0 Å². The highest BCUT2D eigenvalue weighted by Crippen LogP contribution is 1.93. The maximum atomic E-state index is 10.4. The number of nitrogens with one attached hydrogen (secondary N) is 1. The molecule has 80 valence electrons. The summed E-state index contributed by atoms with van der Waals surface area (Å²) in [7, 11) is 0. The summed E-state index contributed by atoms with van der Waals surface area (Å²) < 4.78 is 0. The van der Waals surface area contributed by atoms with Crippen LogP contribution in [0.15, 0.2) is 0 Å².